The highest BCUT2D eigenvalue weighted by molar-refractivity contribution is 5.77. The van der Waals surface area contributed by atoms with Crippen molar-refractivity contribution in [2.24, 2.45) is 0 Å². The minimum absolute atomic E-state index is 0.0625. The average molecular weight is 214 g/mol. The van der Waals surface area contributed by atoms with Gasteiger partial charge in [-0.1, -0.05) is 6.42 Å². The molecule has 0 spiro atoms. The molecular weight excluding hydrogens is 192 g/mol. The zero-order valence-corrected chi connectivity index (χ0v) is 9.70. The quantitative estimate of drug-likeness (QED) is 0.710. The molecule has 15 heavy (non-hydrogen) atoms. The molecule has 0 radical (unpaired) electrons. The van der Waals surface area contributed by atoms with Crippen LogP contribution in [0.4, 0.5) is 0 Å². The van der Waals surface area contributed by atoms with Gasteiger partial charge in [0.05, 0.1) is 12.6 Å². The second-order valence-electron chi connectivity index (χ2n) is 4.38. The number of carbonyl (C=O) groups is 1. The van der Waals surface area contributed by atoms with Gasteiger partial charge in [-0.15, -0.1) is 0 Å². The lowest BCUT2D eigenvalue weighted by molar-refractivity contribution is -0.122. The molecule has 4 heteroatoms. The summed E-state index contributed by atoms with van der Waals surface area (Å²) >= 11 is 0. The molecule has 0 aromatic carbocycles. The van der Waals surface area contributed by atoms with Gasteiger partial charge in [0.25, 0.3) is 0 Å². The number of nitrogens with one attached hydrogen (secondary N) is 1. The lowest BCUT2D eigenvalue weighted by atomic mass is 9.97. The van der Waals surface area contributed by atoms with Crippen LogP contribution in [-0.2, 0) is 4.79 Å². The average Bonchev–Trinajstić information content (AvgIpc) is 2.20. The second kappa shape index (κ2) is 6.08. The molecular formula is C11H22N2O2. The highest BCUT2D eigenvalue weighted by Gasteiger charge is 2.24. The maximum absolute atomic E-state index is 11.3. The first-order chi connectivity index (χ1) is 7.13. The summed E-state index contributed by atoms with van der Waals surface area (Å²) < 4.78 is 0. The number of rotatable bonds is 4. The highest BCUT2D eigenvalue weighted by Crippen LogP contribution is 2.20. The maximum Gasteiger partial charge on any atom is 0.233 e. The Morgan fingerprint density at radius 2 is 2.33 bits per heavy atom. The van der Waals surface area contributed by atoms with E-state index in [1.165, 1.54) is 6.42 Å². The molecule has 1 aliphatic rings. The number of aliphatic hydroxyl groups excluding tert-OH is 1. The smallest absolute Gasteiger partial charge is 0.233 e. The summed E-state index contributed by atoms with van der Waals surface area (Å²) in [6, 6.07) is 0.371. The van der Waals surface area contributed by atoms with Crippen LogP contribution in [0, 0.1) is 0 Å². The first-order valence-corrected chi connectivity index (χ1v) is 5.76. The topological polar surface area (TPSA) is 52.6 Å². The van der Waals surface area contributed by atoms with Crippen molar-refractivity contribution in [3.63, 3.8) is 0 Å². The molecule has 4 nitrogen and oxygen atoms in total. The van der Waals surface area contributed by atoms with Crippen molar-refractivity contribution < 1.29 is 9.90 Å². The number of hydrogen-bond donors (Lipinski definition) is 2. The van der Waals surface area contributed by atoms with E-state index in [1.54, 1.807) is 7.05 Å². The van der Waals surface area contributed by atoms with Gasteiger partial charge in [-0.3, -0.25) is 9.69 Å². The number of likely N-dealkylation sites (tertiary alicyclic amines) is 1. The summed E-state index contributed by atoms with van der Waals surface area (Å²) in [6.45, 7) is 3.26. The normalized spacial score (nSPS) is 24.9. The van der Waals surface area contributed by atoms with E-state index in [0.717, 1.165) is 25.8 Å². The molecule has 1 aliphatic heterocycles. The molecule has 2 N–H and O–H groups in total. The van der Waals surface area contributed by atoms with Crippen molar-refractivity contribution in [2.45, 2.75) is 44.8 Å². The third-order valence-electron chi connectivity index (χ3n) is 2.99. The van der Waals surface area contributed by atoms with Crippen molar-refractivity contribution in [3.05, 3.63) is 0 Å². The van der Waals surface area contributed by atoms with Gasteiger partial charge in [0.15, 0.2) is 0 Å². The molecule has 1 saturated heterocycles. The van der Waals surface area contributed by atoms with Gasteiger partial charge in [0, 0.05) is 13.1 Å². The first kappa shape index (κ1) is 12.5. The van der Waals surface area contributed by atoms with Crippen molar-refractivity contribution in [2.75, 3.05) is 20.1 Å². The number of hydrogen-bond acceptors (Lipinski definition) is 3. The van der Waals surface area contributed by atoms with Crippen LogP contribution in [0.15, 0.2) is 0 Å². The summed E-state index contributed by atoms with van der Waals surface area (Å²) in [7, 11) is 1.66. The van der Waals surface area contributed by atoms with Crippen molar-refractivity contribution in [3.8, 4) is 0 Å². The minimum atomic E-state index is -0.278. The monoisotopic (exact) mass is 214 g/mol. The van der Waals surface area contributed by atoms with Crippen LogP contribution in [0.25, 0.3) is 0 Å². The molecule has 0 bridgehead atoms. The van der Waals surface area contributed by atoms with Gasteiger partial charge in [-0.25, -0.2) is 0 Å². The summed E-state index contributed by atoms with van der Waals surface area (Å²) in [5.41, 5.74) is 0. The zero-order valence-electron chi connectivity index (χ0n) is 9.70. The summed E-state index contributed by atoms with van der Waals surface area (Å²) in [5.74, 6) is 0.0625. The third-order valence-corrected chi connectivity index (χ3v) is 2.99. The Hall–Kier alpha value is -0.610. The summed E-state index contributed by atoms with van der Waals surface area (Å²) in [4.78, 5) is 13.5. The van der Waals surface area contributed by atoms with E-state index < -0.39 is 0 Å². The molecule has 88 valence electrons. The van der Waals surface area contributed by atoms with E-state index in [9.17, 15) is 9.90 Å². The van der Waals surface area contributed by atoms with Crippen LogP contribution in [0.3, 0.4) is 0 Å². The molecule has 0 aromatic heterocycles. The highest BCUT2D eigenvalue weighted by atomic mass is 16.3. The second-order valence-corrected chi connectivity index (χ2v) is 4.38. The van der Waals surface area contributed by atoms with Crippen LogP contribution < -0.4 is 5.32 Å². The van der Waals surface area contributed by atoms with Crippen molar-refractivity contribution >= 4 is 5.91 Å². The van der Waals surface area contributed by atoms with E-state index in [1.807, 2.05) is 6.92 Å². The SMILES string of the molecule is CNC(=O)CN1CCCCC1CC(C)O. The lowest BCUT2D eigenvalue weighted by Gasteiger charge is -2.35. The predicted molar refractivity (Wildman–Crippen MR) is 59.6 cm³/mol. The first-order valence-electron chi connectivity index (χ1n) is 5.76. The van der Waals surface area contributed by atoms with Crippen LogP contribution in [0.1, 0.15) is 32.6 Å². The molecule has 1 rings (SSSR count). The van der Waals surface area contributed by atoms with E-state index in [0.29, 0.717) is 12.6 Å². The minimum Gasteiger partial charge on any atom is -0.393 e. The van der Waals surface area contributed by atoms with Crippen LogP contribution in [-0.4, -0.2) is 48.2 Å². The fraction of sp³-hybridized carbons (Fsp3) is 0.909. The van der Waals surface area contributed by atoms with Crippen molar-refractivity contribution in [1.29, 1.82) is 0 Å². The molecule has 0 aromatic rings. The van der Waals surface area contributed by atoms with E-state index >= 15 is 0 Å². The molecule has 1 heterocycles. The van der Waals surface area contributed by atoms with Crippen LogP contribution in [0.2, 0.25) is 0 Å². The fourth-order valence-corrected chi connectivity index (χ4v) is 2.19. The predicted octanol–water partition coefficient (Wildman–Crippen LogP) is 0.358. The largest absolute Gasteiger partial charge is 0.393 e. The molecule has 2 unspecified atom stereocenters. The Bertz CT molecular complexity index is 207. The Kier molecular flexibility index (Phi) is 5.05. The Morgan fingerprint density at radius 3 is 2.93 bits per heavy atom. The zero-order chi connectivity index (χ0) is 11.3. The van der Waals surface area contributed by atoms with Gasteiger partial charge in [0.1, 0.15) is 0 Å². The number of piperidine rings is 1. The van der Waals surface area contributed by atoms with Gasteiger partial charge < -0.3 is 10.4 Å². The molecule has 1 amide bonds. The number of amides is 1. The fourth-order valence-electron chi connectivity index (χ4n) is 2.19. The summed E-state index contributed by atoms with van der Waals surface area (Å²) in [6.07, 6.45) is 3.97. The lowest BCUT2D eigenvalue weighted by Crippen LogP contribution is -2.46. The van der Waals surface area contributed by atoms with E-state index in [4.69, 9.17) is 0 Å². The molecule has 0 saturated carbocycles. The number of aliphatic hydroxyl groups is 1. The van der Waals surface area contributed by atoms with Crippen molar-refractivity contribution in [1.82, 2.24) is 10.2 Å². The molecule has 2 atom stereocenters. The molecule has 1 fully saturated rings. The molecule has 0 aliphatic carbocycles. The summed E-state index contributed by atoms with van der Waals surface area (Å²) in [5, 5.41) is 12.0. The van der Waals surface area contributed by atoms with Gasteiger partial charge in [-0.05, 0) is 32.7 Å². The Morgan fingerprint density at radius 1 is 1.60 bits per heavy atom. The van der Waals surface area contributed by atoms with E-state index in [2.05, 4.69) is 10.2 Å². The van der Waals surface area contributed by atoms with Gasteiger partial charge >= 0.3 is 0 Å². The van der Waals surface area contributed by atoms with Crippen LogP contribution in [0.5, 0.6) is 0 Å². The number of carbonyl (C=O) groups excluding carboxylic acids is 1. The maximum atomic E-state index is 11.3. The van der Waals surface area contributed by atoms with Crippen LogP contribution >= 0.6 is 0 Å². The number of likely N-dealkylation sites (N-methyl/N-ethyl adjacent to an activating group) is 1. The van der Waals surface area contributed by atoms with Gasteiger partial charge in [-0.2, -0.15) is 0 Å². The Balaban J connectivity index is 2.45. The number of nitrogens with zero attached hydrogens (tertiary/aromatic N) is 1. The standard InChI is InChI=1S/C11H22N2O2/c1-9(14)7-10-5-3-4-6-13(10)8-11(15)12-2/h9-10,14H,3-8H2,1-2H3,(H,12,15). The van der Waals surface area contributed by atoms with E-state index in [-0.39, 0.29) is 12.0 Å². The Labute approximate surface area is 91.6 Å². The van der Waals surface area contributed by atoms with Gasteiger partial charge in [0.2, 0.25) is 5.91 Å². The third kappa shape index (κ3) is 4.18.